The minimum Gasteiger partial charge on any atom is -0.393 e. The van der Waals surface area contributed by atoms with Crippen molar-refractivity contribution in [2.24, 2.45) is 0 Å². The first-order valence-corrected chi connectivity index (χ1v) is 11.6. The summed E-state index contributed by atoms with van der Waals surface area (Å²) < 4.78 is 26.7. The van der Waals surface area contributed by atoms with E-state index in [2.05, 4.69) is 20.6 Å². The second kappa shape index (κ2) is 9.75. The zero-order chi connectivity index (χ0) is 23.3. The molecule has 0 spiro atoms. The van der Waals surface area contributed by atoms with E-state index in [1.165, 1.54) is 17.6 Å². The highest BCUT2D eigenvalue weighted by Gasteiger charge is 2.21. The molecule has 0 saturated heterocycles. The Morgan fingerprint density at radius 1 is 0.969 bits per heavy atom. The van der Waals surface area contributed by atoms with E-state index in [9.17, 15) is 13.2 Å². The Balaban J connectivity index is 1.80. The van der Waals surface area contributed by atoms with Crippen molar-refractivity contribution in [3.05, 3.63) is 60.4 Å². The van der Waals surface area contributed by atoms with E-state index in [-0.39, 0.29) is 16.4 Å². The van der Waals surface area contributed by atoms with Gasteiger partial charge in [0.1, 0.15) is 12.0 Å². The number of benzene rings is 2. The van der Waals surface area contributed by atoms with E-state index >= 15 is 0 Å². The minimum absolute atomic E-state index is 0.0434. The monoisotopic (exact) mass is 454 g/mol. The minimum atomic E-state index is -3.53. The molecule has 0 aliphatic heterocycles. The summed E-state index contributed by atoms with van der Waals surface area (Å²) in [6.45, 7) is 5.91. The van der Waals surface area contributed by atoms with E-state index < -0.39 is 10.0 Å². The molecule has 0 amide bonds. The first kappa shape index (κ1) is 23.2. The Labute approximate surface area is 187 Å². The number of carbonyl (C=O) groups excluding carboxylic acids is 1. The number of carbonyl (C=O) groups is 1. The van der Waals surface area contributed by atoms with Gasteiger partial charge in [-0.2, -0.15) is 4.31 Å². The fourth-order valence-electron chi connectivity index (χ4n) is 3.11. The number of hydrogen-bond donors (Lipinski definition) is 3. The first-order valence-electron chi connectivity index (χ1n) is 10.1. The molecule has 10 heteroatoms. The van der Waals surface area contributed by atoms with Crippen LogP contribution in [0.25, 0.3) is 0 Å². The van der Waals surface area contributed by atoms with Gasteiger partial charge in [-0.25, -0.2) is 18.4 Å². The molecular formula is C22H26N6O3S. The van der Waals surface area contributed by atoms with Crippen molar-refractivity contribution in [1.82, 2.24) is 14.3 Å². The van der Waals surface area contributed by atoms with Gasteiger partial charge >= 0.3 is 0 Å². The molecule has 32 heavy (non-hydrogen) atoms. The maximum atomic E-state index is 12.6. The predicted octanol–water partition coefficient (Wildman–Crippen LogP) is 3.78. The molecule has 0 unspecified atom stereocenters. The van der Waals surface area contributed by atoms with E-state index in [4.69, 9.17) is 5.73 Å². The van der Waals surface area contributed by atoms with Crippen molar-refractivity contribution in [2.45, 2.75) is 25.7 Å². The number of Topliss-reactive ketones (excluding diaryl/α,β-unsaturated/α-hetero) is 1. The molecule has 0 aliphatic rings. The van der Waals surface area contributed by atoms with Crippen LogP contribution in [0.2, 0.25) is 0 Å². The van der Waals surface area contributed by atoms with Crippen molar-refractivity contribution in [3.63, 3.8) is 0 Å². The molecule has 0 aliphatic carbocycles. The fourth-order valence-corrected chi connectivity index (χ4v) is 4.57. The molecule has 168 valence electrons. The summed E-state index contributed by atoms with van der Waals surface area (Å²) in [7, 11) is -3.53. The van der Waals surface area contributed by atoms with Gasteiger partial charge in [0, 0.05) is 30.0 Å². The molecule has 1 aromatic heterocycles. The molecular weight excluding hydrogens is 428 g/mol. The van der Waals surface area contributed by atoms with Gasteiger partial charge in [-0.1, -0.05) is 26.0 Å². The first-order chi connectivity index (χ1) is 15.3. The average Bonchev–Trinajstić information content (AvgIpc) is 2.78. The normalized spacial score (nSPS) is 11.4. The van der Waals surface area contributed by atoms with Crippen molar-refractivity contribution in [3.8, 4) is 0 Å². The molecule has 4 N–H and O–H groups in total. The summed E-state index contributed by atoms with van der Waals surface area (Å²) in [6.07, 6.45) is 1.36. The van der Waals surface area contributed by atoms with Crippen LogP contribution in [0.15, 0.2) is 59.8 Å². The highest BCUT2D eigenvalue weighted by atomic mass is 32.2. The maximum absolute atomic E-state index is 12.6. The lowest BCUT2D eigenvalue weighted by molar-refractivity contribution is 0.101. The van der Waals surface area contributed by atoms with Crippen LogP contribution in [0.3, 0.4) is 0 Å². The lowest BCUT2D eigenvalue weighted by atomic mass is 10.1. The second-order valence-electron chi connectivity index (χ2n) is 6.99. The number of ketones is 1. The second-order valence-corrected chi connectivity index (χ2v) is 8.92. The van der Waals surface area contributed by atoms with Crippen LogP contribution in [0, 0.1) is 0 Å². The highest BCUT2D eigenvalue weighted by Crippen LogP contribution is 2.29. The van der Waals surface area contributed by atoms with Crippen molar-refractivity contribution < 1.29 is 13.2 Å². The molecule has 3 rings (SSSR count). The number of hydrogen-bond acceptors (Lipinski definition) is 8. The largest absolute Gasteiger partial charge is 0.393 e. The van der Waals surface area contributed by atoms with Crippen molar-refractivity contribution in [2.75, 3.05) is 29.5 Å². The fraction of sp³-hybridized carbons (Fsp3) is 0.227. The number of nitrogens with one attached hydrogen (secondary N) is 2. The van der Waals surface area contributed by atoms with Gasteiger partial charge < -0.3 is 16.4 Å². The summed E-state index contributed by atoms with van der Waals surface area (Å²) in [5, 5.41) is 6.18. The van der Waals surface area contributed by atoms with Gasteiger partial charge in [0.25, 0.3) is 0 Å². The number of sulfonamides is 1. The van der Waals surface area contributed by atoms with Crippen LogP contribution in [0.5, 0.6) is 0 Å². The van der Waals surface area contributed by atoms with Crippen LogP contribution in [-0.4, -0.2) is 41.6 Å². The van der Waals surface area contributed by atoms with Crippen LogP contribution in [0.4, 0.5) is 28.7 Å². The molecule has 0 bridgehead atoms. The molecule has 9 nitrogen and oxygen atoms in total. The standard InChI is InChI=1S/C22H26N6O3S/c1-4-28(5-2)32(30,31)19-11-9-17(10-12-19)26-21-20(23)22(25-14-24-21)27-18-8-6-7-16(13-18)15(3)29/h6-14H,4-5,23H2,1-3H3,(H2,24,25,26,27). The zero-order valence-corrected chi connectivity index (χ0v) is 19.0. The number of aromatic nitrogens is 2. The van der Waals surface area contributed by atoms with Crippen molar-refractivity contribution >= 4 is 44.5 Å². The van der Waals surface area contributed by atoms with E-state index in [1.807, 2.05) is 0 Å². The summed E-state index contributed by atoms with van der Waals surface area (Å²) in [5.41, 5.74) is 8.37. The van der Waals surface area contributed by atoms with Gasteiger partial charge in [0.2, 0.25) is 10.0 Å². The lowest BCUT2D eigenvalue weighted by Gasteiger charge is -2.18. The maximum Gasteiger partial charge on any atom is 0.243 e. The van der Waals surface area contributed by atoms with Gasteiger partial charge in [-0.3, -0.25) is 4.79 Å². The van der Waals surface area contributed by atoms with Gasteiger partial charge in [0.05, 0.1) is 4.90 Å². The van der Waals surface area contributed by atoms with E-state index in [0.717, 1.165) is 0 Å². The zero-order valence-electron chi connectivity index (χ0n) is 18.2. The molecule has 0 radical (unpaired) electrons. The van der Waals surface area contributed by atoms with Crippen LogP contribution in [-0.2, 0) is 10.0 Å². The summed E-state index contributed by atoms with van der Waals surface area (Å²) in [6, 6.07) is 13.4. The predicted molar refractivity (Wildman–Crippen MR) is 126 cm³/mol. The van der Waals surface area contributed by atoms with Crippen molar-refractivity contribution in [1.29, 1.82) is 0 Å². The van der Waals surface area contributed by atoms with Gasteiger partial charge in [-0.05, 0) is 43.3 Å². The number of nitrogen functional groups attached to an aromatic ring is 1. The Morgan fingerprint density at radius 3 is 2.12 bits per heavy atom. The smallest absolute Gasteiger partial charge is 0.243 e. The number of anilines is 5. The summed E-state index contributed by atoms with van der Waals surface area (Å²) in [5.74, 6) is 0.701. The number of nitrogens with two attached hydrogens (primary N) is 1. The number of nitrogens with zero attached hydrogens (tertiary/aromatic N) is 3. The van der Waals surface area contributed by atoms with Gasteiger partial charge in [-0.15, -0.1) is 0 Å². The third-order valence-electron chi connectivity index (χ3n) is 4.88. The quantitative estimate of drug-likeness (QED) is 0.417. The Kier molecular flexibility index (Phi) is 7.06. The van der Waals surface area contributed by atoms with E-state index in [0.29, 0.717) is 41.7 Å². The summed E-state index contributed by atoms with van der Waals surface area (Å²) >= 11 is 0. The third kappa shape index (κ3) is 5.04. The van der Waals surface area contributed by atoms with Crippen LogP contribution < -0.4 is 16.4 Å². The average molecular weight is 455 g/mol. The highest BCUT2D eigenvalue weighted by molar-refractivity contribution is 7.89. The molecule has 0 fully saturated rings. The van der Waals surface area contributed by atoms with Gasteiger partial charge in [0.15, 0.2) is 17.4 Å². The summed E-state index contributed by atoms with van der Waals surface area (Å²) in [4.78, 5) is 20.2. The SMILES string of the molecule is CCN(CC)S(=O)(=O)c1ccc(Nc2ncnc(Nc3cccc(C(C)=O)c3)c2N)cc1. The lowest BCUT2D eigenvalue weighted by Crippen LogP contribution is -2.30. The molecule has 0 atom stereocenters. The molecule has 1 heterocycles. The van der Waals surface area contributed by atoms with Crippen LogP contribution >= 0.6 is 0 Å². The van der Waals surface area contributed by atoms with E-state index in [1.54, 1.807) is 62.4 Å². The number of rotatable bonds is 9. The Morgan fingerprint density at radius 2 is 1.56 bits per heavy atom. The molecule has 0 saturated carbocycles. The topological polar surface area (TPSA) is 130 Å². The Bertz CT molecular complexity index is 1210. The molecule has 3 aromatic rings. The third-order valence-corrected chi connectivity index (χ3v) is 6.94. The Hall–Kier alpha value is -3.50. The van der Waals surface area contributed by atoms with Crippen LogP contribution in [0.1, 0.15) is 31.1 Å². The molecule has 2 aromatic carbocycles.